The summed E-state index contributed by atoms with van der Waals surface area (Å²) >= 11 is 0. The topological polar surface area (TPSA) is 127 Å². The first-order valence-electron chi connectivity index (χ1n) is 27.5. The van der Waals surface area contributed by atoms with Gasteiger partial charge < -0.3 is 28.3 Å². The Morgan fingerprint density at radius 2 is 1.19 bits per heavy atom. The number of hydrogen-bond acceptors (Lipinski definition) is 9. The second kappa shape index (κ2) is 31.5. The summed E-state index contributed by atoms with van der Waals surface area (Å²) in [7, 11) is 4.65. The molecule has 1 N–H and O–H groups in total. The Balaban J connectivity index is 1.16. The van der Waals surface area contributed by atoms with Crippen LogP contribution < -0.4 is 9.47 Å². The van der Waals surface area contributed by atoms with Crippen molar-refractivity contribution in [1.29, 1.82) is 0 Å². The lowest BCUT2D eigenvalue weighted by Gasteiger charge is -2.25. The zero-order valence-corrected chi connectivity index (χ0v) is 45.8. The van der Waals surface area contributed by atoms with Crippen LogP contribution in [0.15, 0.2) is 72.8 Å². The molecule has 0 spiro atoms. The van der Waals surface area contributed by atoms with Gasteiger partial charge in [-0.05, 0) is 94.5 Å². The third-order valence-electron chi connectivity index (χ3n) is 14.1. The smallest absolute Gasteiger partial charge is 0.472 e. The summed E-state index contributed by atoms with van der Waals surface area (Å²) in [5.74, 6) is 0.250. The molecule has 0 fully saturated rings. The third kappa shape index (κ3) is 20.6. The summed E-state index contributed by atoms with van der Waals surface area (Å²) in [6.45, 7) is 1.99. The highest BCUT2D eigenvalue weighted by atomic mass is 31.2. The van der Waals surface area contributed by atoms with E-state index in [9.17, 15) is 19.0 Å². The number of carbonyl (C=O) groups excluding carboxylic acids is 2. The van der Waals surface area contributed by atoms with Gasteiger partial charge in [-0.25, -0.2) is 4.57 Å². The molecule has 0 bridgehead atoms. The highest BCUT2D eigenvalue weighted by molar-refractivity contribution is 7.47. The summed E-state index contributed by atoms with van der Waals surface area (Å²) < 4.78 is 47.0. The molecule has 0 amide bonds. The number of benzene rings is 5. The fraction of sp³-hybridized carbons (Fsp3) is 0.600. The van der Waals surface area contributed by atoms with E-state index in [4.69, 9.17) is 28.0 Å². The Kier molecular flexibility index (Phi) is 25.6. The van der Waals surface area contributed by atoms with Crippen molar-refractivity contribution in [3.05, 3.63) is 83.9 Å². The van der Waals surface area contributed by atoms with Gasteiger partial charge in [0.05, 0.1) is 47.9 Å². The molecule has 12 heteroatoms. The Labute approximate surface area is 432 Å². The summed E-state index contributed by atoms with van der Waals surface area (Å²) in [4.78, 5) is 37.8. The van der Waals surface area contributed by atoms with Gasteiger partial charge >= 0.3 is 19.8 Å². The van der Waals surface area contributed by atoms with E-state index in [2.05, 4.69) is 61.5 Å². The van der Waals surface area contributed by atoms with Gasteiger partial charge in [0.2, 0.25) is 0 Å². The zero-order chi connectivity index (χ0) is 51.6. The first-order chi connectivity index (χ1) is 34.8. The SMILES string of the molecule is CCCCCCCCCCCCCCCC(=O)OC[C@H](COP(=O)(O)OCC[N+](C)(C)C)OC(=O)C(CCCCCCc1cc2cccc3ccc4cccc1c4c32)CCCCc1ccc(OC)cc1OC. The van der Waals surface area contributed by atoms with Crippen LogP contribution in [0.4, 0.5) is 0 Å². The summed E-state index contributed by atoms with van der Waals surface area (Å²) in [5.41, 5.74) is 2.43. The minimum absolute atomic E-state index is 0.00145. The van der Waals surface area contributed by atoms with Crippen LogP contribution in [-0.2, 0) is 45.5 Å². The average molecular weight is 1020 g/mol. The van der Waals surface area contributed by atoms with Crippen LogP contribution in [0.2, 0.25) is 0 Å². The number of quaternary nitrogens is 1. The highest BCUT2D eigenvalue weighted by Crippen LogP contribution is 2.43. The van der Waals surface area contributed by atoms with E-state index in [0.29, 0.717) is 30.3 Å². The highest BCUT2D eigenvalue weighted by Gasteiger charge is 2.29. The molecule has 2 unspecified atom stereocenters. The maximum Gasteiger partial charge on any atom is 0.472 e. The fourth-order valence-electron chi connectivity index (χ4n) is 9.81. The third-order valence-corrected chi connectivity index (χ3v) is 15.0. The molecule has 398 valence electrons. The number of rotatable bonds is 39. The average Bonchev–Trinajstić information content (AvgIpc) is 3.36. The second-order valence-corrected chi connectivity index (χ2v) is 22.5. The van der Waals surface area contributed by atoms with Gasteiger partial charge in [0.15, 0.2) is 6.10 Å². The first-order valence-corrected chi connectivity index (χ1v) is 28.9. The zero-order valence-electron chi connectivity index (χ0n) is 44.9. The van der Waals surface area contributed by atoms with E-state index in [0.717, 1.165) is 87.7 Å². The van der Waals surface area contributed by atoms with Gasteiger partial charge in [-0.1, -0.05) is 170 Å². The van der Waals surface area contributed by atoms with Crippen molar-refractivity contribution < 1.29 is 51.5 Å². The molecule has 0 aliphatic carbocycles. The predicted octanol–water partition coefficient (Wildman–Crippen LogP) is 14.9. The van der Waals surface area contributed by atoms with E-state index in [1.165, 1.54) is 95.7 Å². The van der Waals surface area contributed by atoms with Gasteiger partial charge in [0, 0.05) is 12.5 Å². The fourth-order valence-corrected chi connectivity index (χ4v) is 10.6. The van der Waals surface area contributed by atoms with Crippen LogP contribution in [0.25, 0.3) is 32.3 Å². The second-order valence-electron chi connectivity index (χ2n) is 21.0. The molecule has 5 aromatic carbocycles. The largest absolute Gasteiger partial charge is 0.497 e. The minimum atomic E-state index is -4.50. The summed E-state index contributed by atoms with van der Waals surface area (Å²) in [6.07, 6.45) is 23.2. The van der Waals surface area contributed by atoms with Crippen LogP contribution in [-0.4, -0.2) is 89.1 Å². The summed E-state index contributed by atoms with van der Waals surface area (Å²) in [5, 5.41) is 7.82. The number of ether oxygens (including phenoxy) is 4. The molecule has 11 nitrogen and oxygen atoms in total. The molecular formula is C60H89NO10P+. The number of phosphoric acid groups is 1. The summed E-state index contributed by atoms with van der Waals surface area (Å²) in [6, 6.07) is 25.8. The number of phosphoric ester groups is 1. The van der Waals surface area contributed by atoms with E-state index in [-0.39, 0.29) is 19.6 Å². The van der Waals surface area contributed by atoms with Crippen molar-refractivity contribution in [2.45, 2.75) is 167 Å². The lowest BCUT2D eigenvalue weighted by molar-refractivity contribution is -0.870. The number of likely N-dealkylation sites (N-methyl/N-ethyl adjacent to an activating group) is 1. The molecule has 0 radical (unpaired) electrons. The Hall–Kier alpha value is -4.25. The quantitative estimate of drug-likeness (QED) is 0.0134. The normalized spacial score (nSPS) is 13.7. The molecule has 0 aliphatic rings. The van der Waals surface area contributed by atoms with Crippen molar-refractivity contribution in [1.82, 2.24) is 0 Å². The van der Waals surface area contributed by atoms with E-state index in [1.807, 2.05) is 39.3 Å². The van der Waals surface area contributed by atoms with Crippen LogP contribution in [0.1, 0.15) is 159 Å². The molecule has 0 aromatic heterocycles. The minimum Gasteiger partial charge on any atom is -0.497 e. The van der Waals surface area contributed by atoms with Crippen molar-refractivity contribution >= 4 is 52.1 Å². The monoisotopic (exact) mass is 1010 g/mol. The van der Waals surface area contributed by atoms with Crippen LogP contribution in [0.3, 0.4) is 0 Å². The maximum atomic E-state index is 14.2. The number of aryl methyl sites for hydroxylation is 2. The molecule has 0 saturated carbocycles. The molecule has 72 heavy (non-hydrogen) atoms. The molecule has 0 aliphatic heterocycles. The van der Waals surface area contributed by atoms with E-state index < -0.39 is 38.4 Å². The van der Waals surface area contributed by atoms with Gasteiger partial charge in [-0.2, -0.15) is 0 Å². The van der Waals surface area contributed by atoms with E-state index >= 15 is 0 Å². The molecule has 3 atom stereocenters. The number of nitrogens with zero attached hydrogens (tertiary/aromatic N) is 1. The number of methoxy groups -OCH3 is 2. The number of esters is 2. The number of carbonyl (C=O) groups is 2. The molecule has 5 aromatic rings. The standard InChI is InChI=1S/C60H88NO10P/c1-7-8-9-10-11-12-13-14-15-16-17-18-23-36-57(62)68-45-54(46-70-72(64,65)69-42-41-61(2,3)4)71-60(63)50(30-25-24-28-47-39-40-53(66-5)44-56(47)67-6)29-21-19-20-22-31-51-43-52-34-26-32-48-37-38-49-33-27-35-55(51)59(49)58(48)52/h26-27,32-35,37-40,43-44,50,54H,7-25,28-31,36,41-42,45-46H2,1-6H3/p+1/t50?,54-/m1/s1. The predicted molar refractivity (Wildman–Crippen MR) is 293 cm³/mol. The maximum absolute atomic E-state index is 14.2. The van der Waals surface area contributed by atoms with Gasteiger partial charge in [0.25, 0.3) is 0 Å². The molecule has 0 saturated heterocycles. The van der Waals surface area contributed by atoms with Crippen molar-refractivity contribution in [2.75, 3.05) is 61.7 Å². The Morgan fingerprint density at radius 1 is 0.611 bits per heavy atom. The van der Waals surface area contributed by atoms with E-state index in [1.54, 1.807) is 14.2 Å². The van der Waals surface area contributed by atoms with Gasteiger partial charge in [-0.15, -0.1) is 0 Å². The lowest BCUT2D eigenvalue weighted by atomic mass is 9.89. The van der Waals surface area contributed by atoms with Gasteiger partial charge in [-0.3, -0.25) is 18.6 Å². The molecular weight excluding hydrogens is 926 g/mol. The van der Waals surface area contributed by atoms with Crippen molar-refractivity contribution in [3.63, 3.8) is 0 Å². The Bertz CT molecular complexity index is 2400. The first kappa shape index (κ1) is 58.6. The van der Waals surface area contributed by atoms with Crippen molar-refractivity contribution in [2.24, 2.45) is 5.92 Å². The van der Waals surface area contributed by atoms with Crippen LogP contribution in [0, 0.1) is 5.92 Å². The lowest BCUT2D eigenvalue weighted by Crippen LogP contribution is -2.37. The van der Waals surface area contributed by atoms with Crippen LogP contribution >= 0.6 is 7.82 Å². The van der Waals surface area contributed by atoms with Gasteiger partial charge in [0.1, 0.15) is 31.3 Å². The number of unbranched alkanes of at least 4 members (excludes halogenated alkanes) is 16. The van der Waals surface area contributed by atoms with Crippen LogP contribution in [0.5, 0.6) is 11.5 Å². The Morgan fingerprint density at radius 3 is 1.86 bits per heavy atom. The number of hydrogen-bond donors (Lipinski definition) is 1. The van der Waals surface area contributed by atoms with Crippen molar-refractivity contribution in [3.8, 4) is 11.5 Å². The molecule has 0 heterocycles. The molecule has 5 rings (SSSR count).